The minimum atomic E-state index is -0.0904. The number of pyridine rings is 2. The Morgan fingerprint density at radius 3 is 1.37 bits per heavy atom. The first-order chi connectivity index (χ1) is 22.3. The first kappa shape index (κ1) is 33.5. The molecule has 0 aliphatic carbocycles. The van der Waals surface area contributed by atoms with Gasteiger partial charge in [0.1, 0.15) is 25.5 Å². The summed E-state index contributed by atoms with van der Waals surface area (Å²) in [6.45, 7) is 4.84. The summed E-state index contributed by atoms with van der Waals surface area (Å²) in [6, 6.07) is 27.5. The van der Waals surface area contributed by atoms with Gasteiger partial charge in [0, 0.05) is 76.4 Å². The highest BCUT2D eigenvalue weighted by Crippen LogP contribution is 2.18. The number of carbonyl (C=O) groups excluding carboxylic acids is 2. The maximum atomic E-state index is 11.3. The second-order valence-corrected chi connectivity index (χ2v) is 11.0. The van der Waals surface area contributed by atoms with Gasteiger partial charge in [-0.2, -0.15) is 19.3 Å². The van der Waals surface area contributed by atoms with Crippen LogP contribution in [0.25, 0.3) is 0 Å². The van der Waals surface area contributed by atoms with Crippen LogP contribution in [0.2, 0.25) is 0 Å². The van der Waals surface area contributed by atoms with Crippen LogP contribution in [0.4, 0.5) is 22.7 Å². The number of hydrogen-bond donors (Lipinski definition) is 2. The maximum Gasteiger partial charge on any atom is 0.225 e. The molecule has 2 heterocycles. The van der Waals surface area contributed by atoms with E-state index in [9.17, 15) is 9.59 Å². The summed E-state index contributed by atoms with van der Waals surface area (Å²) in [6.07, 6.45) is 12.4. The van der Waals surface area contributed by atoms with Gasteiger partial charge in [0.2, 0.25) is 23.2 Å². The lowest BCUT2D eigenvalue weighted by molar-refractivity contribution is -0.699. The molecule has 4 rings (SSSR count). The summed E-state index contributed by atoms with van der Waals surface area (Å²) >= 11 is 0. The topological polar surface area (TPSA) is 97.2 Å². The van der Waals surface area contributed by atoms with Crippen LogP contribution in [-0.2, 0) is 22.7 Å². The Kier molecular flexibility index (Phi) is 12.5. The molecule has 0 saturated carbocycles. The van der Waals surface area contributed by atoms with Crippen LogP contribution in [0.1, 0.15) is 50.9 Å². The van der Waals surface area contributed by atoms with Gasteiger partial charge in [-0.05, 0) is 73.5 Å². The Labute approximate surface area is 271 Å². The Balaban J connectivity index is 1.23. The van der Waals surface area contributed by atoms with Crippen LogP contribution >= 0.6 is 0 Å². The van der Waals surface area contributed by atoms with E-state index < -0.39 is 0 Å². The molecule has 238 valence electrons. The summed E-state index contributed by atoms with van der Waals surface area (Å²) in [4.78, 5) is 22.5. The van der Waals surface area contributed by atoms with Crippen molar-refractivity contribution in [1.82, 2.24) is 0 Å². The number of amides is 2. The zero-order chi connectivity index (χ0) is 32.7. The van der Waals surface area contributed by atoms with Crippen LogP contribution in [-0.4, -0.2) is 38.3 Å². The molecule has 2 amide bonds. The number of hydrazone groups is 2. The van der Waals surface area contributed by atoms with E-state index in [0.717, 1.165) is 72.9 Å². The highest BCUT2D eigenvalue weighted by atomic mass is 16.2. The fourth-order valence-electron chi connectivity index (χ4n) is 4.89. The van der Waals surface area contributed by atoms with Crippen molar-refractivity contribution in [1.29, 1.82) is 0 Å². The van der Waals surface area contributed by atoms with E-state index in [-0.39, 0.29) is 11.8 Å². The third kappa shape index (κ3) is 10.7. The number of aromatic nitrogens is 2. The molecule has 4 aromatic rings. The normalized spacial score (nSPS) is 11.1. The Morgan fingerprint density at radius 2 is 1.00 bits per heavy atom. The lowest BCUT2D eigenvalue weighted by Gasteiger charge is -2.13. The first-order valence-electron chi connectivity index (χ1n) is 15.6. The molecular formula is C36H44N8O2+2. The summed E-state index contributed by atoms with van der Waals surface area (Å²) in [7, 11) is 3.82. The lowest BCUT2D eigenvalue weighted by Crippen LogP contribution is -2.38. The molecule has 2 aromatic carbocycles. The second-order valence-electron chi connectivity index (χ2n) is 11.0. The fraction of sp³-hybridized carbons (Fsp3) is 0.278. The Bertz CT molecular complexity index is 1510. The Hall–Kier alpha value is -5.38. The smallest absolute Gasteiger partial charge is 0.225 e. The molecule has 10 heteroatoms. The summed E-state index contributed by atoms with van der Waals surface area (Å²) in [5, 5.41) is 18.5. The van der Waals surface area contributed by atoms with Crippen LogP contribution in [0.3, 0.4) is 0 Å². The van der Waals surface area contributed by atoms with E-state index >= 15 is 0 Å². The average molecular weight is 621 g/mol. The van der Waals surface area contributed by atoms with E-state index in [2.05, 4.69) is 66.6 Å². The van der Waals surface area contributed by atoms with Crippen molar-refractivity contribution in [3.63, 3.8) is 0 Å². The third-order valence-corrected chi connectivity index (χ3v) is 7.35. The number of nitrogens with zero attached hydrogens (tertiary/aromatic N) is 6. The molecule has 2 N–H and O–H groups in total. The average Bonchev–Trinajstić information content (AvgIpc) is 3.05. The van der Waals surface area contributed by atoms with E-state index in [1.807, 2.05) is 97.2 Å². The number of unbranched alkanes of at least 4 members (excludes halogenated alkanes) is 3. The van der Waals surface area contributed by atoms with Gasteiger partial charge < -0.3 is 10.6 Å². The minimum Gasteiger partial charge on any atom is -0.326 e. The van der Waals surface area contributed by atoms with E-state index in [1.165, 1.54) is 13.8 Å². The SMILES string of the molecule is CC(=O)Nc1ccc(N(C)/N=C/c2cccc[n+]2CCCCCC[n+]2ccccc2/C=N/N(C)c2ccc(NC(C)=O)cc2)cc1. The molecule has 2 aromatic heterocycles. The van der Waals surface area contributed by atoms with Crippen molar-refractivity contribution in [3.05, 3.63) is 109 Å². The number of benzene rings is 2. The maximum absolute atomic E-state index is 11.3. The van der Waals surface area contributed by atoms with Gasteiger partial charge in [-0.15, -0.1) is 0 Å². The van der Waals surface area contributed by atoms with Crippen molar-refractivity contribution in [2.24, 2.45) is 10.2 Å². The highest BCUT2D eigenvalue weighted by Gasteiger charge is 2.10. The predicted molar refractivity (Wildman–Crippen MR) is 185 cm³/mol. The zero-order valence-corrected chi connectivity index (χ0v) is 27.1. The Morgan fingerprint density at radius 1 is 0.609 bits per heavy atom. The van der Waals surface area contributed by atoms with Gasteiger partial charge in [-0.25, -0.2) is 0 Å². The number of hydrogen-bond acceptors (Lipinski definition) is 6. The van der Waals surface area contributed by atoms with Crippen LogP contribution in [0.15, 0.2) is 108 Å². The van der Waals surface area contributed by atoms with Crippen LogP contribution in [0, 0.1) is 0 Å². The number of anilines is 4. The van der Waals surface area contributed by atoms with Crippen molar-refractivity contribution in [2.45, 2.75) is 52.6 Å². The standard InChI is InChI=1S/C36H42N8O2/c1-29(45)39-31-15-19-33(20-16-31)41(3)37-27-35-13-7-11-25-43(35)23-9-5-6-10-24-44-26-12-8-14-36(44)28-38-42(4)34-21-17-32(18-22-34)40-30(2)46/h7-8,11-22,25-28H,5-6,9-10,23-24H2,1-4H3/p+2. The molecular weight excluding hydrogens is 576 g/mol. The van der Waals surface area contributed by atoms with Crippen molar-refractivity contribution in [2.75, 3.05) is 34.7 Å². The van der Waals surface area contributed by atoms with Gasteiger partial charge in [0.25, 0.3) is 0 Å². The molecule has 0 radical (unpaired) electrons. The van der Waals surface area contributed by atoms with Gasteiger partial charge in [0.05, 0.1) is 11.4 Å². The quantitative estimate of drug-likeness (QED) is 0.0808. The predicted octanol–water partition coefficient (Wildman–Crippen LogP) is 5.38. The monoisotopic (exact) mass is 620 g/mol. The number of rotatable bonds is 15. The largest absolute Gasteiger partial charge is 0.326 e. The van der Waals surface area contributed by atoms with Crippen molar-refractivity contribution < 1.29 is 18.7 Å². The molecule has 0 aliphatic heterocycles. The summed E-state index contributed by atoms with van der Waals surface area (Å²) in [5.41, 5.74) is 5.47. The number of aryl methyl sites for hydroxylation is 2. The fourth-order valence-corrected chi connectivity index (χ4v) is 4.89. The van der Waals surface area contributed by atoms with E-state index in [1.54, 1.807) is 0 Å². The van der Waals surface area contributed by atoms with Crippen LogP contribution in [0.5, 0.6) is 0 Å². The second kappa shape index (κ2) is 17.2. The molecule has 0 fully saturated rings. The lowest BCUT2D eigenvalue weighted by atomic mass is 10.2. The van der Waals surface area contributed by atoms with Gasteiger partial charge >= 0.3 is 0 Å². The van der Waals surface area contributed by atoms with Crippen molar-refractivity contribution >= 4 is 47.0 Å². The molecule has 0 atom stereocenters. The van der Waals surface area contributed by atoms with Gasteiger partial charge in [-0.3, -0.25) is 19.6 Å². The van der Waals surface area contributed by atoms with Gasteiger partial charge in [-0.1, -0.05) is 0 Å². The minimum absolute atomic E-state index is 0.0904. The van der Waals surface area contributed by atoms with Crippen molar-refractivity contribution in [3.8, 4) is 0 Å². The number of nitrogens with one attached hydrogen (secondary N) is 2. The highest BCUT2D eigenvalue weighted by molar-refractivity contribution is 5.89. The summed E-state index contributed by atoms with van der Waals surface area (Å²) in [5.74, 6) is -0.181. The zero-order valence-electron chi connectivity index (χ0n) is 27.1. The van der Waals surface area contributed by atoms with E-state index in [0.29, 0.717) is 0 Å². The van der Waals surface area contributed by atoms with Crippen LogP contribution < -0.4 is 29.8 Å². The van der Waals surface area contributed by atoms with E-state index in [4.69, 9.17) is 0 Å². The molecule has 0 saturated heterocycles. The molecule has 10 nitrogen and oxygen atoms in total. The third-order valence-electron chi connectivity index (χ3n) is 7.35. The molecule has 0 unspecified atom stereocenters. The molecule has 0 aliphatic rings. The first-order valence-corrected chi connectivity index (χ1v) is 15.6. The van der Waals surface area contributed by atoms with Gasteiger partial charge in [0.15, 0.2) is 12.4 Å². The molecule has 46 heavy (non-hydrogen) atoms. The molecule has 0 spiro atoms. The number of carbonyl (C=O) groups is 2. The molecule has 0 bridgehead atoms. The summed E-state index contributed by atoms with van der Waals surface area (Å²) < 4.78 is 4.48.